The lowest BCUT2D eigenvalue weighted by molar-refractivity contribution is -0.116. The Balaban J connectivity index is 1.60. The largest absolute Gasteiger partial charge is 0.497 e. The molecule has 1 aromatic heterocycles. The number of methoxy groups -OCH3 is 1. The van der Waals surface area contributed by atoms with Crippen molar-refractivity contribution in [3.8, 4) is 22.6 Å². The maximum Gasteiger partial charge on any atom is 0.322 e. The van der Waals surface area contributed by atoms with Crippen LogP contribution in [0.2, 0.25) is 0 Å². The van der Waals surface area contributed by atoms with Crippen LogP contribution >= 0.6 is 0 Å². The Morgan fingerprint density at radius 2 is 1.63 bits per heavy atom. The van der Waals surface area contributed by atoms with Crippen molar-refractivity contribution in [1.82, 2.24) is 14.7 Å². The van der Waals surface area contributed by atoms with Gasteiger partial charge in [0, 0.05) is 17.8 Å². The average molecular weight is 554 g/mol. The van der Waals surface area contributed by atoms with Gasteiger partial charge in [0.25, 0.3) is 0 Å². The third-order valence-electron chi connectivity index (χ3n) is 6.93. The second kappa shape index (κ2) is 13.7. The van der Waals surface area contributed by atoms with E-state index in [9.17, 15) is 9.59 Å². The number of aryl methyl sites for hydroxylation is 1. The standard InChI is InChI=1S/C33H39N5O3/c1-6-7-21-37(33(40)34-27-15-13-25(14-16-27)23(2)3)22-30(39)35-32-31(26-11-9-8-10-12-26)24(4)36-38(32)28-17-19-29(41-5)20-18-28/h8-20,23H,6-7,21-22H2,1-5H3,(H,34,40)(H,35,39). The summed E-state index contributed by atoms with van der Waals surface area (Å²) >= 11 is 0. The summed E-state index contributed by atoms with van der Waals surface area (Å²) in [5.41, 5.74) is 5.20. The molecule has 0 saturated heterocycles. The number of carbonyl (C=O) groups is 2. The third kappa shape index (κ3) is 7.33. The molecule has 0 unspecified atom stereocenters. The van der Waals surface area contributed by atoms with E-state index < -0.39 is 0 Å². The van der Waals surface area contributed by atoms with Crippen molar-refractivity contribution in [2.24, 2.45) is 0 Å². The van der Waals surface area contributed by atoms with Gasteiger partial charge in [0.2, 0.25) is 5.91 Å². The van der Waals surface area contributed by atoms with E-state index >= 15 is 0 Å². The van der Waals surface area contributed by atoms with E-state index in [0.717, 1.165) is 41.1 Å². The lowest BCUT2D eigenvalue weighted by Crippen LogP contribution is -2.41. The molecule has 41 heavy (non-hydrogen) atoms. The number of ether oxygens (including phenoxy) is 1. The minimum Gasteiger partial charge on any atom is -0.497 e. The zero-order valence-electron chi connectivity index (χ0n) is 24.5. The maximum atomic E-state index is 13.5. The van der Waals surface area contributed by atoms with Crippen molar-refractivity contribution in [2.45, 2.75) is 46.5 Å². The molecule has 0 saturated carbocycles. The van der Waals surface area contributed by atoms with Crippen LogP contribution in [-0.4, -0.2) is 46.8 Å². The quantitative estimate of drug-likeness (QED) is 0.205. The molecule has 0 fully saturated rings. The predicted molar refractivity (Wildman–Crippen MR) is 165 cm³/mol. The molecule has 0 aliphatic heterocycles. The van der Waals surface area contributed by atoms with E-state index in [0.29, 0.717) is 24.0 Å². The first-order valence-electron chi connectivity index (χ1n) is 14.1. The Kier molecular flexibility index (Phi) is 9.79. The molecule has 2 N–H and O–H groups in total. The summed E-state index contributed by atoms with van der Waals surface area (Å²) in [6, 6.07) is 24.8. The second-order valence-corrected chi connectivity index (χ2v) is 10.3. The van der Waals surface area contributed by atoms with E-state index in [1.807, 2.05) is 85.8 Å². The zero-order chi connectivity index (χ0) is 29.4. The summed E-state index contributed by atoms with van der Waals surface area (Å²) in [7, 11) is 1.62. The Bertz CT molecular complexity index is 1440. The minimum absolute atomic E-state index is 0.100. The van der Waals surface area contributed by atoms with Crippen LogP contribution in [0.25, 0.3) is 16.8 Å². The first-order valence-corrected chi connectivity index (χ1v) is 14.1. The summed E-state index contributed by atoms with van der Waals surface area (Å²) in [4.78, 5) is 28.4. The van der Waals surface area contributed by atoms with Crippen LogP contribution in [-0.2, 0) is 4.79 Å². The fraction of sp³-hybridized carbons (Fsp3) is 0.303. The van der Waals surface area contributed by atoms with Gasteiger partial charge in [-0.15, -0.1) is 0 Å². The molecule has 3 amide bonds. The fourth-order valence-electron chi connectivity index (χ4n) is 4.60. The number of benzene rings is 3. The van der Waals surface area contributed by atoms with Crippen molar-refractivity contribution in [3.05, 3.63) is 90.1 Å². The van der Waals surface area contributed by atoms with E-state index in [2.05, 4.69) is 31.4 Å². The minimum atomic E-state index is -0.311. The number of aromatic nitrogens is 2. The lowest BCUT2D eigenvalue weighted by Gasteiger charge is -2.23. The number of hydrogen-bond donors (Lipinski definition) is 2. The van der Waals surface area contributed by atoms with Gasteiger partial charge in [0.05, 0.1) is 18.5 Å². The van der Waals surface area contributed by atoms with Crippen LogP contribution in [0.1, 0.15) is 50.8 Å². The normalized spacial score (nSPS) is 10.9. The van der Waals surface area contributed by atoms with Crippen LogP contribution in [0.15, 0.2) is 78.9 Å². The molecular weight excluding hydrogens is 514 g/mol. The van der Waals surface area contributed by atoms with Crippen LogP contribution in [0.5, 0.6) is 5.75 Å². The summed E-state index contributed by atoms with van der Waals surface area (Å²) in [6.07, 6.45) is 1.68. The predicted octanol–water partition coefficient (Wildman–Crippen LogP) is 7.25. The highest BCUT2D eigenvalue weighted by atomic mass is 16.5. The van der Waals surface area contributed by atoms with Crippen LogP contribution in [0.3, 0.4) is 0 Å². The number of amides is 3. The first-order chi connectivity index (χ1) is 19.8. The number of urea groups is 1. The molecular formula is C33H39N5O3. The van der Waals surface area contributed by atoms with Gasteiger partial charge in [-0.3, -0.25) is 4.79 Å². The number of anilines is 2. The smallest absolute Gasteiger partial charge is 0.322 e. The van der Waals surface area contributed by atoms with Gasteiger partial charge in [0.15, 0.2) is 0 Å². The first kappa shape index (κ1) is 29.4. The number of hydrogen-bond acceptors (Lipinski definition) is 4. The molecule has 0 aliphatic carbocycles. The van der Waals surface area contributed by atoms with Crippen molar-refractivity contribution >= 4 is 23.4 Å². The SMILES string of the molecule is CCCCN(CC(=O)Nc1c(-c2ccccc2)c(C)nn1-c1ccc(OC)cc1)C(=O)Nc1ccc(C(C)C)cc1. The molecule has 0 spiro atoms. The highest BCUT2D eigenvalue weighted by Crippen LogP contribution is 2.33. The molecule has 8 heteroatoms. The molecule has 0 bridgehead atoms. The lowest BCUT2D eigenvalue weighted by atomic mass is 10.0. The summed E-state index contributed by atoms with van der Waals surface area (Å²) in [5.74, 6) is 1.37. The van der Waals surface area contributed by atoms with Crippen molar-refractivity contribution < 1.29 is 14.3 Å². The van der Waals surface area contributed by atoms with Gasteiger partial charge >= 0.3 is 6.03 Å². The summed E-state index contributed by atoms with van der Waals surface area (Å²) < 4.78 is 7.04. The zero-order valence-corrected chi connectivity index (χ0v) is 24.5. The van der Waals surface area contributed by atoms with Crippen molar-refractivity contribution in [2.75, 3.05) is 30.8 Å². The molecule has 1 heterocycles. The Labute approximate surface area is 242 Å². The van der Waals surface area contributed by atoms with Crippen LogP contribution in [0.4, 0.5) is 16.3 Å². The van der Waals surface area contributed by atoms with Crippen molar-refractivity contribution in [3.63, 3.8) is 0 Å². The third-order valence-corrected chi connectivity index (χ3v) is 6.93. The molecule has 3 aromatic carbocycles. The molecule has 0 atom stereocenters. The molecule has 0 aliphatic rings. The Morgan fingerprint density at radius 3 is 2.24 bits per heavy atom. The number of nitrogens with zero attached hydrogens (tertiary/aromatic N) is 3. The molecule has 214 valence electrons. The number of nitrogens with one attached hydrogen (secondary N) is 2. The number of unbranched alkanes of at least 4 members (excludes halogenated alkanes) is 1. The Morgan fingerprint density at radius 1 is 0.951 bits per heavy atom. The molecule has 0 radical (unpaired) electrons. The second-order valence-electron chi connectivity index (χ2n) is 10.3. The van der Waals surface area contributed by atoms with Crippen molar-refractivity contribution in [1.29, 1.82) is 0 Å². The van der Waals surface area contributed by atoms with Gasteiger partial charge < -0.3 is 20.3 Å². The van der Waals surface area contributed by atoms with E-state index in [-0.39, 0.29) is 18.5 Å². The number of rotatable bonds is 11. The highest BCUT2D eigenvalue weighted by molar-refractivity contribution is 5.99. The van der Waals surface area contributed by atoms with E-state index in [1.165, 1.54) is 5.56 Å². The summed E-state index contributed by atoms with van der Waals surface area (Å²) in [6.45, 7) is 8.60. The van der Waals surface area contributed by atoms with E-state index in [4.69, 9.17) is 9.84 Å². The monoisotopic (exact) mass is 553 g/mol. The van der Waals surface area contributed by atoms with Crippen LogP contribution < -0.4 is 15.4 Å². The van der Waals surface area contributed by atoms with Crippen LogP contribution in [0, 0.1) is 6.92 Å². The van der Waals surface area contributed by atoms with Gasteiger partial charge in [-0.05, 0) is 66.8 Å². The van der Waals surface area contributed by atoms with E-state index in [1.54, 1.807) is 16.7 Å². The summed E-state index contributed by atoms with van der Waals surface area (Å²) in [5, 5.41) is 10.8. The van der Waals surface area contributed by atoms with Gasteiger partial charge in [-0.1, -0.05) is 69.7 Å². The molecule has 4 aromatic rings. The molecule has 8 nitrogen and oxygen atoms in total. The fourth-order valence-corrected chi connectivity index (χ4v) is 4.60. The maximum absolute atomic E-state index is 13.5. The van der Waals surface area contributed by atoms with Gasteiger partial charge in [-0.25, -0.2) is 9.48 Å². The molecule has 4 rings (SSSR count). The topological polar surface area (TPSA) is 88.5 Å². The Hall–Kier alpha value is -4.59. The van der Waals surface area contributed by atoms with Gasteiger partial charge in [0.1, 0.15) is 18.1 Å². The number of carbonyl (C=O) groups excluding carboxylic acids is 2. The average Bonchev–Trinajstić information content (AvgIpc) is 3.30. The van der Waals surface area contributed by atoms with Gasteiger partial charge in [-0.2, -0.15) is 5.10 Å². The highest BCUT2D eigenvalue weighted by Gasteiger charge is 2.23.